The Balaban J connectivity index is 1.58. The first-order valence-electron chi connectivity index (χ1n) is 6.98. The van der Waals surface area contributed by atoms with Crippen LogP contribution in [0.3, 0.4) is 0 Å². The predicted molar refractivity (Wildman–Crippen MR) is 70.4 cm³/mol. The third-order valence-corrected chi connectivity index (χ3v) is 4.29. The Hall–Kier alpha value is -1.30. The van der Waals surface area contributed by atoms with Gasteiger partial charge in [0.2, 0.25) is 0 Å². The van der Waals surface area contributed by atoms with E-state index in [1.807, 2.05) is 0 Å². The summed E-state index contributed by atoms with van der Waals surface area (Å²) in [4.78, 5) is 3.62. The minimum Gasteiger partial charge on any atom is -0.368 e. The third kappa shape index (κ3) is 3.06. The minimum atomic E-state index is -4.39. The van der Waals surface area contributed by atoms with Crippen LogP contribution in [0.1, 0.15) is 31.4 Å². The Morgan fingerprint density at radius 3 is 2.80 bits per heavy atom. The molecule has 2 fully saturated rings. The van der Waals surface area contributed by atoms with Crippen molar-refractivity contribution in [3.63, 3.8) is 0 Å². The van der Waals surface area contributed by atoms with Crippen molar-refractivity contribution < 1.29 is 13.2 Å². The van der Waals surface area contributed by atoms with E-state index in [4.69, 9.17) is 0 Å². The zero-order valence-electron chi connectivity index (χ0n) is 11.1. The van der Waals surface area contributed by atoms with Gasteiger partial charge < -0.3 is 10.6 Å². The molecule has 1 spiro atoms. The first-order valence-corrected chi connectivity index (χ1v) is 6.98. The molecule has 1 aromatic rings. The summed E-state index contributed by atoms with van der Waals surface area (Å²) in [7, 11) is 0. The van der Waals surface area contributed by atoms with Crippen molar-refractivity contribution in [1.82, 2.24) is 10.3 Å². The summed E-state index contributed by atoms with van der Waals surface area (Å²) < 4.78 is 37.7. The molecule has 1 atom stereocenters. The molecule has 1 saturated heterocycles. The Kier molecular flexibility index (Phi) is 3.36. The van der Waals surface area contributed by atoms with Crippen molar-refractivity contribution in [2.75, 3.05) is 18.4 Å². The van der Waals surface area contributed by atoms with Crippen molar-refractivity contribution in [3.05, 3.63) is 23.9 Å². The summed E-state index contributed by atoms with van der Waals surface area (Å²) in [6.45, 7) is 1.62. The summed E-state index contributed by atoms with van der Waals surface area (Å²) in [5.74, 6) is 0.289. The fourth-order valence-corrected chi connectivity index (χ4v) is 2.93. The summed E-state index contributed by atoms with van der Waals surface area (Å²) in [6, 6.07) is 4.27. The van der Waals surface area contributed by atoms with Crippen molar-refractivity contribution >= 4 is 5.82 Å². The van der Waals surface area contributed by atoms with Crippen LogP contribution < -0.4 is 10.6 Å². The first kappa shape index (κ1) is 13.7. The highest BCUT2D eigenvalue weighted by atomic mass is 19.4. The van der Waals surface area contributed by atoms with Crippen LogP contribution in [-0.4, -0.2) is 24.1 Å². The molecule has 110 valence electrons. The van der Waals surface area contributed by atoms with E-state index < -0.39 is 11.9 Å². The molecular formula is C14H18F3N3. The second-order valence-electron chi connectivity index (χ2n) is 5.89. The number of aromatic nitrogens is 1. The number of nitrogens with zero attached hydrogens (tertiary/aromatic N) is 1. The molecular weight excluding hydrogens is 267 g/mol. The van der Waals surface area contributed by atoms with Crippen molar-refractivity contribution in [2.24, 2.45) is 5.41 Å². The number of hydrogen-bond acceptors (Lipinski definition) is 3. The quantitative estimate of drug-likeness (QED) is 0.896. The topological polar surface area (TPSA) is 37.0 Å². The van der Waals surface area contributed by atoms with Gasteiger partial charge in [0, 0.05) is 12.6 Å². The Labute approximate surface area is 116 Å². The molecule has 2 heterocycles. The lowest BCUT2D eigenvalue weighted by Crippen LogP contribution is -2.43. The van der Waals surface area contributed by atoms with Crippen LogP contribution >= 0.6 is 0 Å². The fourth-order valence-electron chi connectivity index (χ4n) is 2.93. The van der Waals surface area contributed by atoms with Gasteiger partial charge in [-0.1, -0.05) is 6.07 Å². The Bertz CT molecular complexity index is 483. The number of nitrogens with one attached hydrogen (secondary N) is 2. The second-order valence-corrected chi connectivity index (χ2v) is 5.89. The van der Waals surface area contributed by atoms with Gasteiger partial charge >= 0.3 is 6.18 Å². The van der Waals surface area contributed by atoms with Crippen molar-refractivity contribution in [1.29, 1.82) is 0 Å². The number of hydrogen-bond donors (Lipinski definition) is 2. The Morgan fingerprint density at radius 2 is 2.10 bits per heavy atom. The predicted octanol–water partition coefficient (Wildman–Crippen LogP) is 3.04. The van der Waals surface area contributed by atoms with E-state index in [1.165, 1.54) is 25.3 Å². The lowest BCUT2D eigenvalue weighted by molar-refractivity contribution is -0.141. The highest BCUT2D eigenvalue weighted by Gasteiger charge is 2.45. The van der Waals surface area contributed by atoms with E-state index in [1.54, 1.807) is 6.07 Å². The highest BCUT2D eigenvalue weighted by Crippen LogP contribution is 2.53. The van der Waals surface area contributed by atoms with Crippen molar-refractivity contribution in [2.45, 2.75) is 37.9 Å². The van der Waals surface area contributed by atoms with E-state index in [-0.39, 0.29) is 5.82 Å². The van der Waals surface area contributed by atoms with E-state index in [0.717, 1.165) is 19.0 Å². The molecule has 0 bridgehead atoms. The molecule has 2 N–H and O–H groups in total. The molecule has 6 heteroatoms. The fraction of sp³-hybridized carbons (Fsp3) is 0.643. The van der Waals surface area contributed by atoms with E-state index in [0.29, 0.717) is 18.0 Å². The minimum absolute atomic E-state index is 0.289. The van der Waals surface area contributed by atoms with E-state index in [2.05, 4.69) is 15.6 Å². The van der Waals surface area contributed by atoms with Crippen LogP contribution in [0.15, 0.2) is 18.2 Å². The van der Waals surface area contributed by atoms with Gasteiger partial charge in [-0.2, -0.15) is 13.2 Å². The smallest absolute Gasteiger partial charge is 0.368 e. The van der Waals surface area contributed by atoms with Crippen LogP contribution in [0.4, 0.5) is 19.0 Å². The zero-order chi connectivity index (χ0) is 14.2. The average molecular weight is 285 g/mol. The second kappa shape index (κ2) is 4.91. The van der Waals surface area contributed by atoms with Gasteiger partial charge in [0.05, 0.1) is 0 Å². The zero-order valence-corrected chi connectivity index (χ0v) is 11.1. The van der Waals surface area contributed by atoms with Gasteiger partial charge in [0.15, 0.2) is 0 Å². The standard InChI is InChI=1S/C14H18F3N3/c15-14(16,17)11-2-1-3-12(20-11)19-9-10-8-13(4-5-13)6-7-18-10/h1-3,10,18H,4-9H2,(H,19,20). The van der Waals surface area contributed by atoms with Gasteiger partial charge in [-0.05, 0) is 49.8 Å². The molecule has 0 amide bonds. The van der Waals surface area contributed by atoms with Gasteiger partial charge in [0.25, 0.3) is 0 Å². The van der Waals surface area contributed by atoms with Gasteiger partial charge in [-0.15, -0.1) is 0 Å². The molecule has 3 nitrogen and oxygen atoms in total. The lowest BCUT2D eigenvalue weighted by Gasteiger charge is -2.30. The summed E-state index contributed by atoms with van der Waals surface area (Å²) in [6.07, 6.45) is 0.545. The van der Waals surface area contributed by atoms with E-state index in [9.17, 15) is 13.2 Å². The summed E-state index contributed by atoms with van der Waals surface area (Å²) in [5.41, 5.74) is -0.323. The van der Waals surface area contributed by atoms with Crippen LogP contribution in [0.25, 0.3) is 0 Å². The van der Waals surface area contributed by atoms with Crippen molar-refractivity contribution in [3.8, 4) is 0 Å². The number of alkyl halides is 3. The average Bonchev–Trinajstić information content (AvgIpc) is 3.15. The molecule has 20 heavy (non-hydrogen) atoms. The summed E-state index contributed by atoms with van der Waals surface area (Å²) in [5, 5.41) is 6.44. The number of rotatable bonds is 3. The van der Waals surface area contributed by atoms with Gasteiger partial charge in [-0.3, -0.25) is 0 Å². The molecule has 1 unspecified atom stereocenters. The monoisotopic (exact) mass is 285 g/mol. The maximum Gasteiger partial charge on any atom is 0.433 e. The number of anilines is 1. The van der Waals surface area contributed by atoms with Crippen LogP contribution in [0.5, 0.6) is 0 Å². The maximum absolute atomic E-state index is 12.6. The molecule has 2 aliphatic rings. The SMILES string of the molecule is FC(F)(F)c1cccc(NCC2CC3(CCN2)CC3)n1. The normalized spacial score (nSPS) is 24.6. The third-order valence-electron chi connectivity index (χ3n) is 4.29. The van der Waals surface area contributed by atoms with Crippen LogP contribution in [0.2, 0.25) is 0 Å². The van der Waals surface area contributed by atoms with E-state index >= 15 is 0 Å². The molecule has 3 rings (SSSR count). The molecule has 0 aromatic carbocycles. The number of halogens is 3. The molecule has 1 saturated carbocycles. The lowest BCUT2D eigenvalue weighted by atomic mass is 9.89. The number of piperidine rings is 1. The largest absolute Gasteiger partial charge is 0.433 e. The van der Waals surface area contributed by atoms with Crippen LogP contribution in [-0.2, 0) is 6.18 Å². The Morgan fingerprint density at radius 1 is 1.30 bits per heavy atom. The van der Waals surface area contributed by atoms with Gasteiger partial charge in [0.1, 0.15) is 11.5 Å². The number of pyridine rings is 1. The summed E-state index contributed by atoms with van der Waals surface area (Å²) >= 11 is 0. The van der Waals surface area contributed by atoms with Crippen LogP contribution in [0, 0.1) is 5.41 Å². The van der Waals surface area contributed by atoms with Gasteiger partial charge in [-0.25, -0.2) is 4.98 Å². The molecule has 1 aliphatic heterocycles. The molecule has 1 aromatic heterocycles. The molecule has 0 radical (unpaired) electrons. The first-order chi connectivity index (χ1) is 9.47. The highest BCUT2D eigenvalue weighted by molar-refractivity contribution is 5.36. The molecule has 1 aliphatic carbocycles. The maximum atomic E-state index is 12.6.